The molecule has 0 radical (unpaired) electrons. The maximum atomic E-state index is 12.3. The second-order valence-electron chi connectivity index (χ2n) is 6.94. The minimum Gasteiger partial charge on any atom is -0.370 e. The van der Waals surface area contributed by atoms with Gasteiger partial charge in [0.2, 0.25) is 11.9 Å². The van der Waals surface area contributed by atoms with E-state index in [1.807, 2.05) is 19.9 Å². The first-order valence-corrected chi connectivity index (χ1v) is 10.0. The van der Waals surface area contributed by atoms with Crippen molar-refractivity contribution >= 4 is 29.5 Å². The molecular formula is C21H26N6O3. The van der Waals surface area contributed by atoms with Crippen LogP contribution in [0.15, 0.2) is 30.3 Å². The quantitative estimate of drug-likeness (QED) is 0.404. The Labute approximate surface area is 175 Å². The molecule has 0 atom stereocenters. The lowest BCUT2D eigenvalue weighted by Gasteiger charge is -2.13. The molecule has 0 unspecified atom stereocenters. The van der Waals surface area contributed by atoms with E-state index in [0.29, 0.717) is 36.6 Å². The van der Waals surface area contributed by atoms with Gasteiger partial charge in [0.05, 0.1) is 11.1 Å². The van der Waals surface area contributed by atoms with Gasteiger partial charge in [-0.15, -0.1) is 0 Å². The van der Waals surface area contributed by atoms with Crippen molar-refractivity contribution in [2.75, 3.05) is 36.8 Å². The monoisotopic (exact) mass is 410 g/mol. The van der Waals surface area contributed by atoms with Crippen LogP contribution in [0.3, 0.4) is 0 Å². The molecule has 0 spiro atoms. The van der Waals surface area contributed by atoms with E-state index >= 15 is 0 Å². The van der Waals surface area contributed by atoms with E-state index in [9.17, 15) is 14.4 Å². The first-order chi connectivity index (χ1) is 14.5. The Balaban J connectivity index is 1.36. The van der Waals surface area contributed by atoms with Crippen LogP contribution in [0.4, 0.5) is 11.8 Å². The highest BCUT2D eigenvalue weighted by atomic mass is 16.2. The molecule has 1 aliphatic rings. The van der Waals surface area contributed by atoms with Crippen LogP contribution in [0.5, 0.6) is 0 Å². The van der Waals surface area contributed by atoms with Crippen molar-refractivity contribution in [2.45, 2.75) is 26.7 Å². The van der Waals surface area contributed by atoms with Gasteiger partial charge in [-0.05, 0) is 32.4 Å². The number of anilines is 2. The van der Waals surface area contributed by atoms with Crippen LogP contribution in [-0.4, -0.2) is 58.8 Å². The van der Waals surface area contributed by atoms with Gasteiger partial charge >= 0.3 is 0 Å². The molecule has 9 heteroatoms. The summed E-state index contributed by atoms with van der Waals surface area (Å²) in [6.45, 7) is 5.78. The number of carbonyl (C=O) groups is 3. The Morgan fingerprint density at radius 2 is 1.73 bits per heavy atom. The van der Waals surface area contributed by atoms with Gasteiger partial charge in [-0.2, -0.15) is 4.98 Å². The van der Waals surface area contributed by atoms with E-state index in [4.69, 9.17) is 0 Å². The molecule has 30 heavy (non-hydrogen) atoms. The third kappa shape index (κ3) is 5.11. The predicted molar refractivity (Wildman–Crippen MR) is 113 cm³/mol. The fourth-order valence-corrected chi connectivity index (χ4v) is 3.22. The fourth-order valence-electron chi connectivity index (χ4n) is 3.22. The van der Waals surface area contributed by atoms with Gasteiger partial charge < -0.3 is 16.0 Å². The summed E-state index contributed by atoms with van der Waals surface area (Å²) in [4.78, 5) is 46.5. The van der Waals surface area contributed by atoms with Crippen molar-refractivity contribution < 1.29 is 14.4 Å². The standard InChI is InChI=1S/C21H26N6O3/c1-3-22-17-13-14(2)25-21(26-17)24-11-10-23-18(28)9-6-12-27-19(29)15-7-4-5-8-16(15)20(27)30/h4-5,7-8,13H,3,6,9-12H2,1-2H3,(H,23,28)(H2,22,24,25,26). The average Bonchev–Trinajstić information content (AvgIpc) is 2.96. The zero-order valence-corrected chi connectivity index (χ0v) is 17.2. The van der Waals surface area contributed by atoms with Crippen molar-refractivity contribution in [1.29, 1.82) is 0 Å². The molecular weight excluding hydrogens is 384 g/mol. The molecule has 3 N–H and O–H groups in total. The van der Waals surface area contributed by atoms with E-state index in [2.05, 4.69) is 25.9 Å². The van der Waals surface area contributed by atoms with Gasteiger partial charge in [0.15, 0.2) is 0 Å². The molecule has 0 fully saturated rings. The molecule has 2 aromatic rings. The maximum Gasteiger partial charge on any atom is 0.261 e. The zero-order chi connectivity index (χ0) is 21.5. The summed E-state index contributed by atoms with van der Waals surface area (Å²) in [5, 5.41) is 9.04. The number of carbonyl (C=O) groups excluding carboxylic acids is 3. The number of hydrogen-bond donors (Lipinski definition) is 3. The third-order valence-corrected chi connectivity index (χ3v) is 4.61. The highest BCUT2D eigenvalue weighted by molar-refractivity contribution is 6.21. The van der Waals surface area contributed by atoms with E-state index in [0.717, 1.165) is 18.1 Å². The van der Waals surface area contributed by atoms with Gasteiger partial charge in [-0.3, -0.25) is 19.3 Å². The number of hydrogen-bond acceptors (Lipinski definition) is 7. The maximum absolute atomic E-state index is 12.3. The summed E-state index contributed by atoms with van der Waals surface area (Å²) in [6.07, 6.45) is 0.649. The minimum atomic E-state index is -0.296. The van der Waals surface area contributed by atoms with Crippen LogP contribution < -0.4 is 16.0 Å². The van der Waals surface area contributed by atoms with Gasteiger partial charge in [0.25, 0.3) is 11.8 Å². The van der Waals surface area contributed by atoms with Gasteiger partial charge in [0.1, 0.15) is 5.82 Å². The lowest BCUT2D eigenvalue weighted by molar-refractivity contribution is -0.121. The second kappa shape index (κ2) is 9.82. The number of fused-ring (bicyclic) bond motifs is 1. The summed E-state index contributed by atoms with van der Waals surface area (Å²) < 4.78 is 0. The predicted octanol–water partition coefficient (Wildman–Crippen LogP) is 1.82. The van der Waals surface area contributed by atoms with E-state index in [1.165, 1.54) is 4.90 Å². The molecule has 2 heterocycles. The Bertz CT molecular complexity index is 911. The normalized spacial score (nSPS) is 12.7. The number of aryl methyl sites for hydroxylation is 1. The topological polar surface area (TPSA) is 116 Å². The van der Waals surface area contributed by atoms with E-state index in [1.54, 1.807) is 24.3 Å². The largest absolute Gasteiger partial charge is 0.370 e. The van der Waals surface area contributed by atoms with E-state index < -0.39 is 0 Å². The summed E-state index contributed by atoms with van der Waals surface area (Å²) in [7, 11) is 0. The van der Waals surface area contributed by atoms with Gasteiger partial charge in [-0.1, -0.05) is 12.1 Å². The number of benzene rings is 1. The molecule has 0 saturated carbocycles. The number of imide groups is 1. The lowest BCUT2D eigenvalue weighted by Crippen LogP contribution is -2.33. The fraction of sp³-hybridized carbons (Fsp3) is 0.381. The molecule has 3 rings (SSSR count). The van der Waals surface area contributed by atoms with Crippen molar-refractivity contribution in [2.24, 2.45) is 0 Å². The number of aromatic nitrogens is 2. The molecule has 0 bridgehead atoms. The highest BCUT2D eigenvalue weighted by Gasteiger charge is 2.34. The van der Waals surface area contributed by atoms with Crippen LogP contribution >= 0.6 is 0 Å². The van der Waals surface area contributed by atoms with Gasteiger partial charge in [0, 0.05) is 44.4 Å². The Morgan fingerprint density at radius 1 is 1.03 bits per heavy atom. The third-order valence-electron chi connectivity index (χ3n) is 4.61. The highest BCUT2D eigenvalue weighted by Crippen LogP contribution is 2.22. The first kappa shape index (κ1) is 21.2. The summed E-state index contributed by atoms with van der Waals surface area (Å²) in [6, 6.07) is 8.63. The van der Waals surface area contributed by atoms with Crippen molar-refractivity contribution in [1.82, 2.24) is 20.2 Å². The number of amides is 3. The smallest absolute Gasteiger partial charge is 0.261 e. The number of rotatable bonds is 10. The first-order valence-electron chi connectivity index (χ1n) is 10.0. The van der Waals surface area contributed by atoms with Crippen LogP contribution in [-0.2, 0) is 4.79 Å². The molecule has 3 amide bonds. The van der Waals surface area contributed by atoms with Crippen LogP contribution in [0.2, 0.25) is 0 Å². The summed E-state index contributed by atoms with van der Waals surface area (Å²) in [5.41, 5.74) is 1.70. The van der Waals surface area contributed by atoms with Crippen molar-refractivity contribution in [3.63, 3.8) is 0 Å². The van der Waals surface area contributed by atoms with Crippen molar-refractivity contribution in [3.8, 4) is 0 Å². The Hall–Kier alpha value is -3.49. The molecule has 0 saturated heterocycles. The molecule has 1 aliphatic heterocycles. The zero-order valence-electron chi connectivity index (χ0n) is 17.2. The molecule has 0 aliphatic carbocycles. The van der Waals surface area contributed by atoms with Gasteiger partial charge in [-0.25, -0.2) is 4.98 Å². The summed E-state index contributed by atoms with van der Waals surface area (Å²) >= 11 is 0. The second-order valence-corrected chi connectivity index (χ2v) is 6.94. The number of nitrogens with one attached hydrogen (secondary N) is 3. The molecule has 158 valence electrons. The average molecular weight is 410 g/mol. The Kier molecular flexibility index (Phi) is 6.95. The number of nitrogens with zero attached hydrogens (tertiary/aromatic N) is 3. The van der Waals surface area contributed by atoms with Crippen LogP contribution in [0.25, 0.3) is 0 Å². The van der Waals surface area contributed by atoms with Crippen LogP contribution in [0.1, 0.15) is 46.2 Å². The van der Waals surface area contributed by atoms with E-state index in [-0.39, 0.29) is 30.7 Å². The lowest BCUT2D eigenvalue weighted by atomic mass is 10.1. The molecule has 9 nitrogen and oxygen atoms in total. The Morgan fingerprint density at radius 3 is 2.40 bits per heavy atom. The van der Waals surface area contributed by atoms with Crippen molar-refractivity contribution in [3.05, 3.63) is 47.2 Å². The molecule has 1 aromatic heterocycles. The summed E-state index contributed by atoms with van der Waals surface area (Å²) in [5.74, 6) is 0.535. The van der Waals surface area contributed by atoms with Crippen LogP contribution in [0, 0.1) is 6.92 Å². The minimum absolute atomic E-state index is 0.132. The molecule has 1 aromatic carbocycles. The SMILES string of the molecule is CCNc1cc(C)nc(NCCNC(=O)CCCN2C(=O)c3ccccc3C2=O)n1.